The Kier molecular flexibility index (Phi) is 8.96. The molecule has 64 heavy (non-hydrogen) atoms. The third-order valence-corrected chi connectivity index (χ3v) is 15.8. The zero-order valence-corrected chi connectivity index (χ0v) is 36.8. The average Bonchev–Trinajstić information content (AvgIpc) is 3.85. The maximum atomic E-state index is 15.5. The fourth-order valence-corrected chi connectivity index (χ4v) is 11.8. The van der Waals surface area contributed by atoms with Gasteiger partial charge in [-0.25, -0.2) is 27.1 Å². The predicted octanol–water partition coefficient (Wildman–Crippen LogP) is 5.92. The monoisotopic (exact) mass is 887 g/mol. The Morgan fingerprint density at radius 3 is 2.39 bits per heavy atom. The molecule has 2 fully saturated rings. The van der Waals surface area contributed by atoms with E-state index in [2.05, 4.69) is 35.3 Å². The Balaban J connectivity index is 1.05. The van der Waals surface area contributed by atoms with Crippen molar-refractivity contribution in [3.8, 4) is 17.2 Å². The minimum atomic E-state index is -3.51. The number of sulfonamides is 1. The first-order valence-corrected chi connectivity index (χ1v) is 23.2. The number of hydrogen-bond acceptors (Lipinski definition) is 9. The first-order chi connectivity index (χ1) is 30.7. The number of benzene rings is 3. The normalized spacial score (nSPS) is 21.7. The van der Waals surface area contributed by atoms with Gasteiger partial charge >= 0.3 is 11.4 Å². The number of imidazole rings is 1. The van der Waals surface area contributed by atoms with E-state index in [1.54, 1.807) is 66.2 Å². The summed E-state index contributed by atoms with van der Waals surface area (Å²) in [5, 5.41) is 10.1. The van der Waals surface area contributed by atoms with Crippen LogP contribution in [0, 0.1) is 25.6 Å². The van der Waals surface area contributed by atoms with Crippen LogP contribution in [0.15, 0.2) is 81.1 Å². The van der Waals surface area contributed by atoms with Gasteiger partial charge in [0.05, 0.1) is 34.6 Å². The van der Waals surface area contributed by atoms with Crippen LogP contribution in [-0.4, -0.2) is 79.7 Å². The van der Waals surface area contributed by atoms with Crippen LogP contribution < -0.4 is 15.8 Å². The summed E-state index contributed by atoms with van der Waals surface area (Å²) < 4.78 is 59.1. The summed E-state index contributed by atoms with van der Waals surface area (Å²) in [4.78, 5) is 47.1. The molecule has 16 nitrogen and oxygen atoms in total. The molecule has 3 aromatic carbocycles. The first kappa shape index (κ1) is 40.3. The molecule has 330 valence electrons. The van der Waals surface area contributed by atoms with E-state index in [1.807, 2.05) is 17.6 Å². The van der Waals surface area contributed by atoms with Crippen LogP contribution in [0.3, 0.4) is 0 Å². The number of nitrogens with one attached hydrogen (secondary N) is 1. The lowest BCUT2D eigenvalue weighted by molar-refractivity contribution is 0.0663. The highest BCUT2D eigenvalue weighted by molar-refractivity contribution is 7.92. The molecule has 1 N–H and O–H groups in total. The molecule has 1 saturated heterocycles. The SMILES string of the molecule is Cc1cc(-n2nc3c(c2-n2ccn(-c4ccc5c(c4)CS(=O)(=O)N5C)c2=O)[C@H](C)N(C(=O)c2cc4cc(C5CCOCC5)ccc4n2[C@@]2(c4noc(=O)[nH]4)C[C@@H]2C)CC3)cc(C)c1F. The molecule has 0 unspecified atom stereocenters. The van der Waals surface area contributed by atoms with Gasteiger partial charge in [0.25, 0.3) is 5.91 Å². The Labute approximate surface area is 366 Å². The van der Waals surface area contributed by atoms with Crippen molar-refractivity contribution in [2.75, 3.05) is 31.1 Å². The molecule has 0 bridgehead atoms. The summed E-state index contributed by atoms with van der Waals surface area (Å²) in [5.74, 6) is -0.359. The summed E-state index contributed by atoms with van der Waals surface area (Å²) in [6.07, 6.45) is 6.04. The lowest BCUT2D eigenvalue weighted by atomic mass is 9.91. The average molecular weight is 888 g/mol. The second-order valence-corrected chi connectivity index (χ2v) is 19.8. The molecule has 3 aliphatic heterocycles. The molecule has 1 amide bonds. The highest BCUT2D eigenvalue weighted by atomic mass is 32.2. The van der Waals surface area contributed by atoms with Crippen LogP contribution in [0.4, 0.5) is 10.1 Å². The molecule has 3 atom stereocenters. The van der Waals surface area contributed by atoms with Gasteiger partial charge in [0, 0.05) is 62.1 Å². The molecule has 4 aromatic heterocycles. The topological polar surface area (TPSA) is 175 Å². The van der Waals surface area contributed by atoms with Gasteiger partial charge in [0.15, 0.2) is 5.82 Å². The highest BCUT2D eigenvalue weighted by Crippen LogP contribution is 2.56. The number of aromatic amines is 1. The van der Waals surface area contributed by atoms with E-state index in [9.17, 15) is 18.0 Å². The summed E-state index contributed by atoms with van der Waals surface area (Å²) in [7, 11) is -2.01. The Bertz CT molecular complexity index is 3310. The summed E-state index contributed by atoms with van der Waals surface area (Å²) >= 11 is 0. The second-order valence-electron chi connectivity index (χ2n) is 17.8. The van der Waals surface area contributed by atoms with E-state index in [-0.39, 0.29) is 23.4 Å². The van der Waals surface area contributed by atoms with E-state index in [0.717, 1.165) is 23.7 Å². The molecular weight excluding hydrogens is 842 g/mol. The Morgan fingerprint density at radius 2 is 1.69 bits per heavy atom. The fraction of sp³-hybridized carbons (Fsp3) is 0.370. The van der Waals surface area contributed by atoms with E-state index < -0.39 is 33.0 Å². The van der Waals surface area contributed by atoms with Gasteiger partial charge in [-0.15, -0.1) is 0 Å². The predicted molar refractivity (Wildman–Crippen MR) is 235 cm³/mol. The zero-order chi connectivity index (χ0) is 44.6. The van der Waals surface area contributed by atoms with Crippen molar-refractivity contribution < 1.29 is 26.9 Å². The third kappa shape index (κ3) is 5.94. The minimum Gasteiger partial charge on any atom is -0.381 e. The Hall–Kier alpha value is -6.53. The third-order valence-electron chi connectivity index (χ3n) is 14.1. The van der Waals surface area contributed by atoms with Gasteiger partial charge < -0.3 is 14.2 Å². The summed E-state index contributed by atoms with van der Waals surface area (Å²) in [6.45, 7) is 9.04. The number of H-pyrrole nitrogens is 1. The lowest BCUT2D eigenvalue weighted by Gasteiger charge is -2.34. The van der Waals surface area contributed by atoms with Crippen molar-refractivity contribution in [1.29, 1.82) is 0 Å². The number of fused-ring (bicyclic) bond motifs is 3. The van der Waals surface area contributed by atoms with Gasteiger partial charge in [-0.1, -0.05) is 18.1 Å². The quantitative estimate of drug-likeness (QED) is 0.204. The van der Waals surface area contributed by atoms with Crippen LogP contribution in [0.25, 0.3) is 28.1 Å². The fourth-order valence-electron chi connectivity index (χ4n) is 10.5. The van der Waals surface area contributed by atoms with Crippen molar-refractivity contribution in [2.24, 2.45) is 5.92 Å². The number of aryl methyl sites for hydroxylation is 2. The van der Waals surface area contributed by atoms with Gasteiger partial charge in [0.1, 0.15) is 22.9 Å². The van der Waals surface area contributed by atoms with Gasteiger partial charge in [-0.2, -0.15) is 5.10 Å². The van der Waals surface area contributed by atoms with Crippen molar-refractivity contribution in [3.63, 3.8) is 0 Å². The van der Waals surface area contributed by atoms with E-state index in [0.29, 0.717) is 101 Å². The van der Waals surface area contributed by atoms with Crippen LogP contribution in [-0.2, 0) is 32.5 Å². The van der Waals surface area contributed by atoms with Crippen molar-refractivity contribution in [3.05, 3.63) is 139 Å². The molecule has 1 aliphatic carbocycles. The number of rotatable bonds is 7. The van der Waals surface area contributed by atoms with Crippen LogP contribution in [0.1, 0.15) is 94.9 Å². The maximum Gasteiger partial charge on any atom is 0.438 e. The number of halogens is 1. The first-order valence-electron chi connectivity index (χ1n) is 21.6. The largest absolute Gasteiger partial charge is 0.438 e. The molecular formula is C46H46FN9O7S. The van der Waals surface area contributed by atoms with E-state index in [4.69, 9.17) is 14.4 Å². The molecule has 18 heteroatoms. The van der Waals surface area contributed by atoms with E-state index in [1.165, 1.54) is 26.1 Å². The number of anilines is 1. The maximum absolute atomic E-state index is 15.5. The number of ether oxygens (including phenoxy) is 1. The zero-order valence-electron chi connectivity index (χ0n) is 36.0. The Morgan fingerprint density at radius 1 is 0.953 bits per heavy atom. The number of hydrogen-bond donors (Lipinski definition) is 1. The highest BCUT2D eigenvalue weighted by Gasteiger charge is 2.59. The van der Waals surface area contributed by atoms with Crippen molar-refractivity contribution in [1.82, 2.24) is 38.5 Å². The van der Waals surface area contributed by atoms with E-state index >= 15 is 9.18 Å². The number of amides is 1. The summed E-state index contributed by atoms with van der Waals surface area (Å²) in [5.41, 5.74) is 5.46. The molecule has 0 radical (unpaired) electrons. The van der Waals surface area contributed by atoms with Crippen LogP contribution in [0.5, 0.6) is 0 Å². The van der Waals surface area contributed by atoms with Gasteiger partial charge in [-0.3, -0.25) is 27.7 Å². The molecule has 0 spiro atoms. The molecule has 11 rings (SSSR count). The van der Waals surface area contributed by atoms with Gasteiger partial charge in [-0.05, 0) is 123 Å². The molecule has 1 saturated carbocycles. The van der Waals surface area contributed by atoms with Crippen molar-refractivity contribution in [2.45, 2.75) is 76.6 Å². The smallest absolute Gasteiger partial charge is 0.381 e. The number of aromatic nitrogens is 7. The molecule has 4 aliphatic rings. The molecule has 7 heterocycles. The number of carbonyl (C=O) groups excluding carboxylic acids is 1. The second kappa shape index (κ2) is 14.2. The number of nitrogens with zero attached hydrogens (tertiary/aromatic N) is 8. The van der Waals surface area contributed by atoms with Crippen LogP contribution >= 0.6 is 0 Å². The lowest BCUT2D eigenvalue weighted by Crippen LogP contribution is -2.41. The number of carbonyl (C=O) groups is 1. The van der Waals surface area contributed by atoms with Gasteiger partial charge in [0.2, 0.25) is 10.0 Å². The minimum absolute atomic E-state index is 0.00954. The standard InChI is InChI=1S/C46H46FN9O7S/c1-25-18-34(19-26(2)40(25)47)56-41(54-15-14-53(45(54)59)33-7-9-36-32(21-33)24-64(60,61)51(36)5)39-28(4)52(13-10-35(39)49-56)42(57)38-22-31-20-30(29-11-16-62-17-12-29)6-8-37(31)55(38)46(23-27(46)3)43-48-44(58)63-50-43/h6-9,14-15,18-22,27-29H,10-13,16-17,23-24H2,1-5H3,(H,48,50,58)/t27-,28-,46-/m0/s1. The molecule has 7 aromatic rings. The van der Waals surface area contributed by atoms with Crippen LogP contribution in [0.2, 0.25) is 0 Å². The van der Waals surface area contributed by atoms with Crippen molar-refractivity contribution >= 4 is 32.5 Å². The summed E-state index contributed by atoms with van der Waals surface area (Å²) in [6, 6.07) is 16.2.